The van der Waals surface area contributed by atoms with E-state index in [9.17, 15) is 0 Å². The van der Waals surface area contributed by atoms with Crippen LogP contribution in [0.25, 0.3) is 0 Å². The molecule has 0 unspecified atom stereocenters. The van der Waals surface area contributed by atoms with Gasteiger partial charge in [-0.25, -0.2) is 0 Å². The lowest BCUT2D eigenvalue weighted by molar-refractivity contribution is 0.866. The molecule has 0 aliphatic carbocycles. The van der Waals surface area contributed by atoms with Crippen LogP contribution in [0, 0.1) is 0 Å². The maximum atomic E-state index is 4.33. The van der Waals surface area contributed by atoms with Gasteiger partial charge in [0.15, 0.2) is 0 Å². The number of nitrogens with one attached hydrogen (secondary N) is 1. The number of halogens is 1. The maximum Gasteiger partial charge on any atom is 0.0595 e. The van der Waals surface area contributed by atoms with Gasteiger partial charge in [0.25, 0.3) is 0 Å². The van der Waals surface area contributed by atoms with Crippen LogP contribution < -0.4 is 5.32 Å². The van der Waals surface area contributed by atoms with Crippen LogP contribution >= 0.6 is 15.9 Å². The predicted molar refractivity (Wildman–Crippen MR) is 79.8 cm³/mol. The zero-order valence-corrected chi connectivity index (χ0v) is 12.2. The molecule has 2 rings (SSSR count). The second kappa shape index (κ2) is 6.01. The normalized spacial score (nSPS) is 10.7. The summed E-state index contributed by atoms with van der Waals surface area (Å²) in [6.07, 6.45) is 1.82. The molecular formula is C15H17BrN2. The Morgan fingerprint density at radius 2 is 1.83 bits per heavy atom. The van der Waals surface area contributed by atoms with Crippen LogP contribution in [0.3, 0.4) is 0 Å². The second-order valence-electron chi connectivity index (χ2n) is 4.60. The molecular weight excluding hydrogens is 288 g/mol. The van der Waals surface area contributed by atoms with Crippen molar-refractivity contribution in [1.29, 1.82) is 0 Å². The number of hydrogen-bond donors (Lipinski definition) is 1. The number of benzene rings is 1. The third-order valence-electron chi connectivity index (χ3n) is 2.84. The predicted octanol–water partition coefficient (Wildman–Crippen LogP) is 4.58. The van der Waals surface area contributed by atoms with Gasteiger partial charge < -0.3 is 5.32 Å². The molecule has 1 aromatic heterocycles. The van der Waals surface area contributed by atoms with Crippen molar-refractivity contribution in [3.05, 3.63) is 58.3 Å². The highest BCUT2D eigenvalue weighted by Gasteiger charge is 1.99. The van der Waals surface area contributed by atoms with Gasteiger partial charge in [0, 0.05) is 16.4 Å². The van der Waals surface area contributed by atoms with Gasteiger partial charge in [0.2, 0.25) is 0 Å². The summed E-state index contributed by atoms with van der Waals surface area (Å²) in [4.78, 5) is 4.33. The Morgan fingerprint density at radius 3 is 2.39 bits per heavy atom. The number of pyridine rings is 1. The SMILES string of the molecule is CC(C)c1ccc(NCc2ccc(Br)cn2)cc1. The van der Waals surface area contributed by atoms with E-state index in [0.29, 0.717) is 5.92 Å². The molecule has 0 spiro atoms. The summed E-state index contributed by atoms with van der Waals surface area (Å²) in [7, 11) is 0. The van der Waals surface area contributed by atoms with Crippen molar-refractivity contribution in [1.82, 2.24) is 4.98 Å². The highest BCUT2D eigenvalue weighted by Crippen LogP contribution is 2.17. The van der Waals surface area contributed by atoms with Crippen molar-refractivity contribution < 1.29 is 0 Å². The molecule has 3 heteroatoms. The van der Waals surface area contributed by atoms with Gasteiger partial charge in [-0.1, -0.05) is 26.0 Å². The van der Waals surface area contributed by atoms with Crippen LogP contribution in [0.5, 0.6) is 0 Å². The second-order valence-corrected chi connectivity index (χ2v) is 5.51. The number of aromatic nitrogens is 1. The van der Waals surface area contributed by atoms with Crippen LogP contribution in [-0.4, -0.2) is 4.98 Å². The van der Waals surface area contributed by atoms with Crippen molar-refractivity contribution in [2.45, 2.75) is 26.3 Å². The van der Waals surface area contributed by atoms with E-state index in [0.717, 1.165) is 22.4 Å². The van der Waals surface area contributed by atoms with Crippen LogP contribution in [-0.2, 0) is 6.54 Å². The number of rotatable bonds is 4. The minimum Gasteiger partial charge on any atom is -0.379 e. The Morgan fingerprint density at radius 1 is 1.11 bits per heavy atom. The molecule has 1 N–H and O–H groups in total. The van der Waals surface area contributed by atoms with Gasteiger partial charge in [-0.2, -0.15) is 0 Å². The molecule has 0 fully saturated rings. The average Bonchev–Trinajstić information content (AvgIpc) is 2.38. The first-order valence-electron chi connectivity index (χ1n) is 6.09. The van der Waals surface area contributed by atoms with Crippen molar-refractivity contribution in [3.63, 3.8) is 0 Å². The summed E-state index contributed by atoms with van der Waals surface area (Å²) in [6.45, 7) is 5.15. The lowest BCUT2D eigenvalue weighted by Gasteiger charge is -2.09. The molecule has 0 aliphatic heterocycles. The Balaban J connectivity index is 1.95. The zero-order valence-electron chi connectivity index (χ0n) is 10.7. The fourth-order valence-electron chi connectivity index (χ4n) is 1.69. The van der Waals surface area contributed by atoms with E-state index in [1.54, 1.807) is 0 Å². The number of hydrogen-bond acceptors (Lipinski definition) is 2. The van der Waals surface area contributed by atoms with E-state index in [-0.39, 0.29) is 0 Å². The summed E-state index contributed by atoms with van der Waals surface area (Å²) in [5.74, 6) is 0.576. The molecule has 0 saturated heterocycles. The van der Waals surface area contributed by atoms with E-state index in [1.165, 1.54) is 5.56 Å². The van der Waals surface area contributed by atoms with E-state index in [4.69, 9.17) is 0 Å². The van der Waals surface area contributed by atoms with E-state index in [2.05, 4.69) is 64.3 Å². The van der Waals surface area contributed by atoms with Crippen molar-refractivity contribution in [2.24, 2.45) is 0 Å². The van der Waals surface area contributed by atoms with E-state index < -0.39 is 0 Å². The highest BCUT2D eigenvalue weighted by molar-refractivity contribution is 9.10. The Kier molecular flexibility index (Phi) is 4.37. The Bertz CT molecular complexity index is 489. The monoisotopic (exact) mass is 304 g/mol. The molecule has 0 bridgehead atoms. The number of anilines is 1. The summed E-state index contributed by atoms with van der Waals surface area (Å²) in [5.41, 5.74) is 3.53. The molecule has 0 atom stereocenters. The van der Waals surface area contributed by atoms with Crippen molar-refractivity contribution in [3.8, 4) is 0 Å². The molecule has 0 radical (unpaired) electrons. The summed E-state index contributed by atoms with van der Waals surface area (Å²) >= 11 is 3.38. The number of nitrogens with zero attached hydrogens (tertiary/aromatic N) is 1. The fraction of sp³-hybridized carbons (Fsp3) is 0.267. The highest BCUT2D eigenvalue weighted by atomic mass is 79.9. The first kappa shape index (κ1) is 13.1. The molecule has 0 saturated carbocycles. The van der Waals surface area contributed by atoms with Gasteiger partial charge in [0.05, 0.1) is 12.2 Å². The summed E-state index contributed by atoms with van der Waals surface area (Å²) in [6, 6.07) is 12.6. The van der Waals surface area contributed by atoms with Crippen LogP contribution in [0.4, 0.5) is 5.69 Å². The van der Waals surface area contributed by atoms with Gasteiger partial charge >= 0.3 is 0 Å². The molecule has 1 aromatic carbocycles. The quantitative estimate of drug-likeness (QED) is 0.894. The minimum atomic E-state index is 0.576. The smallest absolute Gasteiger partial charge is 0.0595 e. The molecule has 2 nitrogen and oxygen atoms in total. The lowest BCUT2D eigenvalue weighted by atomic mass is 10.0. The first-order valence-corrected chi connectivity index (χ1v) is 6.88. The Labute approximate surface area is 117 Å². The zero-order chi connectivity index (χ0) is 13.0. The summed E-state index contributed by atoms with van der Waals surface area (Å²) in [5, 5.41) is 3.37. The largest absolute Gasteiger partial charge is 0.379 e. The van der Waals surface area contributed by atoms with Crippen molar-refractivity contribution in [2.75, 3.05) is 5.32 Å². The van der Waals surface area contributed by atoms with Gasteiger partial charge in [-0.3, -0.25) is 4.98 Å². The third kappa shape index (κ3) is 3.57. The molecule has 0 aliphatic rings. The van der Waals surface area contributed by atoms with Crippen LogP contribution in [0.1, 0.15) is 31.0 Å². The van der Waals surface area contributed by atoms with Crippen LogP contribution in [0.2, 0.25) is 0 Å². The van der Waals surface area contributed by atoms with Gasteiger partial charge in [-0.15, -0.1) is 0 Å². The third-order valence-corrected chi connectivity index (χ3v) is 3.31. The topological polar surface area (TPSA) is 24.9 Å². The van der Waals surface area contributed by atoms with Gasteiger partial charge in [0.1, 0.15) is 0 Å². The molecule has 0 amide bonds. The minimum absolute atomic E-state index is 0.576. The molecule has 1 heterocycles. The maximum absolute atomic E-state index is 4.33. The average molecular weight is 305 g/mol. The molecule has 18 heavy (non-hydrogen) atoms. The van der Waals surface area contributed by atoms with Crippen molar-refractivity contribution >= 4 is 21.6 Å². The van der Waals surface area contributed by atoms with Crippen LogP contribution in [0.15, 0.2) is 47.1 Å². The lowest BCUT2D eigenvalue weighted by Crippen LogP contribution is -2.01. The fourth-order valence-corrected chi connectivity index (χ4v) is 1.92. The van der Waals surface area contributed by atoms with Gasteiger partial charge in [-0.05, 0) is 51.7 Å². The molecule has 2 aromatic rings. The van der Waals surface area contributed by atoms with E-state index in [1.807, 2.05) is 18.3 Å². The Hall–Kier alpha value is -1.35. The summed E-state index contributed by atoms with van der Waals surface area (Å²) < 4.78 is 1.01. The first-order chi connectivity index (χ1) is 8.65. The molecule has 94 valence electrons. The van der Waals surface area contributed by atoms with E-state index >= 15 is 0 Å². The standard InChI is InChI=1S/C15H17BrN2/c1-11(2)12-3-6-14(7-4-12)18-10-15-8-5-13(16)9-17-15/h3-9,11,18H,10H2,1-2H3.